The molecule has 2 aliphatic rings. The van der Waals surface area contributed by atoms with Crippen LogP contribution >= 0.6 is 15.9 Å². The van der Waals surface area contributed by atoms with Gasteiger partial charge in [-0.1, -0.05) is 28.1 Å². The summed E-state index contributed by atoms with van der Waals surface area (Å²) in [7, 11) is 0. The molecule has 0 aromatic heterocycles. The number of halogens is 1. The second-order valence-electron chi connectivity index (χ2n) is 6.36. The molecule has 2 aliphatic heterocycles. The number of anilines is 1. The Morgan fingerprint density at radius 1 is 0.917 bits per heavy atom. The number of benzene rings is 2. The van der Waals surface area contributed by atoms with Crippen LogP contribution in [-0.2, 0) is 0 Å². The number of hydrogen-bond donors (Lipinski definition) is 0. The molecule has 2 heterocycles. The molecule has 2 aromatic rings. The van der Waals surface area contributed by atoms with Gasteiger partial charge in [-0.05, 0) is 37.5 Å². The van der Waals surface area contributed by atoms with Crippen molar-refractivity contribution in [3.63, 3.8) is 0 Å². The molecule has 4 nitrogen and oxygen atoms in total. The molecule has 0 radical (unpaired) electrons. The predicted octanol–water partition coefficient (Wildman–Crippen LogP) is 3.82. The smallest absolute Gasteiger partial charge is 0.261 e. The summed E-state index contributed by atoms with van der Waals surface area (Å²) in [6, 6.07) is 9.74. The zero-order valence-corrected chi connectivity index (χ0v) is 15.0. The molecular weight excluding hydrogens is 368 g/mol. The molecule has 124 valence electrons. The summed E-state index contributed by atoms with van der Waals surface area (Å²) in [5, 5.41) is 2.43. The van der Waals surface area contributed by atoms with Gasteiger partial charge in [0.1, 0.15) is 0 Å². The van der Waals surface area contributed by atoms with E-state index in [-0.39, 0.29) is 11.8 Å². The molecule has 5 heteroatoms. The van der Waals surface area contributed by atoms with E-state index in [0.717, 1.165) is 29.5 Å². The Morgan fingerprint density at radius 3 is 2.33 bits per heavy atom. The van der Waals surface area contributed by atoms with E-state index in [0.29, 0.717) is 23.0 Å². The molecule has 0 unspecified atom stereocenters. The average Bonchev–Trinajstić information content (AvgIpc) is 2.63. The van der Waals surface area contributed by atoms with E-state index in [1.807, 2.05) is 30.3 Å². The third-order valence-corrected chi connectivity index (χ3v) is 5.33. The lowest BCUT2D eigenvalue weighted by Gasteiger charge is -2.32. The van der Waals surface area contributed by atoms with Crippen molar-refractivity contribution in [3.8, 4) is 0 Å². The zero-order valence-electron chi connectivity index (χ0n) is 13.4. The summed E-state index contributed by atoms with van der Waals surface area (Å²) in [5.41, 5.74) is 2.42. The summed E-state index contributed by atoms with van der Waals surface area (Å²) >= 11 is 3.33. The van der Waals surface area contributed by atoms with Gasteiger partial charge in [0.05, 0.1) is 0 Å². The van der Waals surface area contributed by atoms with Crippen LogP contribution < -0.4 is 4.90 Å². The van der Waals surface area contributed by atoms with Crippen LogP contribution in [0.25, 0.3) is 10.8 Å². The Hall–Kier alpha value is -1.88. The number of amides is 2. The van der Waals surface area contributed by atoms with Gasteiger partial charge < -0.3 is 4.90 Å². The fraction of sp³-hybridized carbons (Fsp3) is 0.368. The maximum atomic E-state index is 12.8. The second kappa shape index (κ2) is 6.20. The number of hydrogen-bond acceptors (Lipinski definition) is 3. The van der Waals surface area contributed by atoms with E-state index in [9.17, 15) is 9.59 Å². The van der Waals surface area contributed by atoms with Crippen molar-refractivity contribution < 1.29 is 9.59 Å². The van der Waals surface area contributed by atoms with Crippen molar-refractivity contribution >= 4 is 44.2 Å². The minimum atomic E-state index is -0.187. The second-order valence-corrected chi connectivity index (χ2v) is 7.15. The summed E-state index contributed by atoms with van der Waals surface area (Å²) < 4.78 is 0. The largest absolute Gasteiger partial charge is 0.371 e. The van der Waals surface area contributed by atoms with Gasteiger partial charge in [0, 0.05) is 52.6 Å². The monoisotopic (exact) mass is 386 g/mol. The predicted molar refractivity (Wildman–Crippen MR) is 99.2 cm³/mol. The molecule has 24 heavy (non-hydrogen) atoms. The minimum absolute atomic E-state index is 0.187. The van der Waals surface area contributed by atoms with Gasteiger partial charge in [-0.25, -0.2) is 0 Å². The lowest BCUT2D eigenvalue weighted by atomic mass is 9.92. The van der Waals surface area contributed by atoms with Crippen LogP contribution in [0.15, 0.2) is 30.3 Å². The Balaban J connectivity index is 1.90. The normalized spacial score (nSPS) is 17.7. The molecule has 2 amide bonds. The van der Waals surface area contributed by atoms with Crippen LogP contribution in [0, 0.1) is 0 Å². The number of nitrogens with zero attached hydrogens (tertiary/aromatic N) is 2. The highest BCUT2D eigenvalue weighted by Gasteiger charge is 2.33. The molecule has 0 saturated carbocycles. The van der Waals surface area contributed by atoms with Crippen molar-refractivity contribution in [1.82, 2.24) is 4.90 Å². The standard InChI is InChI=1S/C19H19BrN2O2/c20-9-12-22-18(23)14-6-4-5-13-16(21-10-2-1-3-11-21)8-7-15(17(13)14)19(22)24/h4-8H,1-3,9-12H2. The molecule has 0 aliphatic carbocycles. The molecule has 2 aromatic carbocycles. The van der Waals surface area contributed by atoms with Crippen LogP contribution in [0.4, 0.5) is 5.69 Å². The van der Waals surface area contributed by atoms with E-state index in [2.05, 4.69) is 20.8 Å². The van der Waals surface area contributed by atoms with Crippen molar-refractivity contribution in [1.29, 1.82) is 0 Å². The molecular formula is C19H19BrN2O2. The first-order chi connectivity index (χ1) is 11.7. The van der Waals surface area contributed by atoms with Crippen molar-refractivity contribution in [2.75, 3.05) is 29.9 Å². The third-order valence-electron chi connectivity index (χ3n) is 4.97. The molecule has 1 saturated heterocycles. The first-order valence-corrected chi connectivity index (χ1v) is 9.57. The summed E-state index contributed by atoms with van der Waals surface area (Å²) in [5.74, 6) is -0.373. The lowest BCUT2D eigenvalue weighted by molar-refractivity contribution is 0.0621. The van der Waals surface area contributed by atoms with E-state index >= 15 is 0 Å². The maximum absolute atomic E-state index is 12.8. The first-order valence-electron chi connectivity index (χ1n) is 8.45. The summed E-state index contributed by atoms with van der Waals surface area (Å²) in [4.78, 5) is 29.2. The number of alkyl halides is 1. The van der Waals surface area contributed by atoms with Crippen LogP contribution in [-0.4, -0.2) is 41.7 Å². The number of piperidine rings is 1. The van der Waals surface area contributed by atoms with Gasteiger partial charge in [0.15, 0.2) is 0 Å². The average molecular weight is 387 g/mol. The van der Waals surface area contributed by atoms with Crippen molar-refractivity contribution in [3.05, 3.63) is 41.5 Å². The lowest BCUT2D eigenvalue weighted by Crippen LogP contribution is -2.41. The molecule has 1 fully saturated rings. The van der Waals surface area contributed by atoms with Crippen LogP contribution in [0.5, 0.6) is 0 Å². The molecule has 0 atom stereocenters. The molecule has 0 bridgehead atoms. The van der Waals surface area contributed by atoms with Gasteiger partial charge in [0.25, 0.3) is 11.8 Å². The van der Waals surface area contributed by atoms with E-state index in [4.69, 9.17) is 0 Å². The van der Waals surface area contributed by atoms with Crippen molar-refractivity contribution in [2.24, 2.45) is 0 Å². The fourth-order valence-corrected chi connectivity index (χ4v) is 4.18. The van der Waals surface area contributed by atoms with E-state index in [1.165, 1.54) is 24.2 Å². The fourth-order valence-electron chi connectivity index (χ4n) is 3.83. The zero-order chi connectivity index (χ0) is 16.7. The number of rotatable bonds is 3. The quantitative estimate of drug-likeness (QED) is 0.594. The number of carbonyl (C=O) groups excluding carboxylic acids is 2. The van der Waals surface area contributed by atoms with Gasteiger partial charge in [-0.2, -0.15) is 0 Å². The van der Waals surface area contributed by atoms with Crippen molar-refractivity contribution in [2.45, 2.75) is 19.3 Å². The van der Waals surface area contributed by atoms with E-state index in [1.54, 1.807) is 0 Å². The highest BCUT2D eigenvalue weighted by molar-refractivity contribution is 9.09. The van der Waals surface area contributed by atoms with Gasteiger partial charge in [-0.3, -0.25) is 14.5 Å². The minimum Gasteiger partial charge on any atom is -0.371 e. The topological polar surface area (TPSA) is 40.6 Å². The van der Waals surface area contributed by atoms with Gasteiger partial charge in [-0.15, -0.1) is 0 Å². The van der Waals surface area contributed by atoms with Crippen LogP contribution in [0.1, 0.15) is 40.0 Å². The Labute approximate surface area is 149 Å². The maximum Gasteiger partial charge on any atom is 0.261 e. The highest BCUT2D eigenvalue weighted by Crippen LogP contribution is 2.36. The summed E-state index contributed by atoms with van der Waals surface area (Å²) in [6.07, 6.45) is 3.66. The van der Waals surface area contributed by atoms with Crippen LogP contribution in [0.2, 0.25) is 0 Å². The SMILES string of the molecule is O=C1c2cccc3c(N4CCCCC4)ccc(c23)C(=O)N1CCBr. The molecule has 4 rings (SSSR count). The molecule has 0 N–H and O–H groups in total. The van der Waals surface area contributed by atoms with Gasteiger partial charge in [0.2, 0.25) is 0 Å². The first kappa shape index (κ1) is 15.6. The third kappa shape index (κ3) is 2.34. The van der Waals surface area contributed by atoms with E-state index < -0.39 is 0 Å². The number of imide groups is 1. The van der Waals surface area contributed by atoms with Gasteiger partial charge >= 0.3 is 0 Å². The Kier molecular flexibility index (Phi) is 4.04. The Bertz CT molecular complexity index is 805. The Morgan fingerprint density at radius 2 is 1.62 bits per heavy atom. The highest BCUT2D eigenvalue weighted by atomic mass is 79.9. The summed E-state index contributed by atoms with van der Waals surface area (Å²) in [6.45, 7) is 2.47. The van der Waals surface area contributed by atoms with Crippen LogP contribution in [0.3, 0.4) is 0 Å². The molecule has 0 spiro atoms. The number of carbonyl (C=O) groups is 2.